The van der Waals surface area contributed by atoms with Crippen LogP contribution in [0.25, 0.3) is 0 Å². The van der Waals surface area contributed by atoms with Crippen molar-refractivity contribution in [2.24, 2.45) is 22.1 Å². The zero-order valence-corrected chi connectivity index (χ0v) is 16.0. The second-order valence-corrected chi connectivity index (χ2v) is 6.95. The number of aryl methyl sites for hydroxylation is 2. The van der Waals surface area contributed by atoms with E-state index in [1.807, 2.05) is 6.07 Å². The Kier molecular flexibility index (Phi) is 5.06. The summed E-state index contributed by atoms with van der Waals surface area (Å²) in [5, 5.41) is 3.21. The molecule has 5 heteroatoms. The van der Waals surface area contributed by atoms with E-state index >= 15 is 0 Å². The molecule has 3 atom stereocenters. The smallest absolute Gasteiger partial charge is 0.193 e. The molecule has 0 spiro atoms. The van der Waals surface area contributed by atoms with E-state index in [-0.39, 0.29) is 35.4 Å². The SMILES string of the molecule is Cc1ccc(NC(N)=NC2C3CCOC3C2(C)C)cc1C.I. The Morgan fingerprint density at radius 1 is 1.32 bits per heavy atom. The molecule has 3 rings (SSSR count). The molecule has 4 nitrogen and oxygen atoms in total. The molecule has 22 heavy (non-hydrogen) atoms. The molecule has 1 heterocycles. The normalized spacial score (nSPS) is 29.3. The van der Waals surface area contributed by atoms with Gasteiger partial charge in [0, 0.05) is 23.6 Å². The van der Waals surface area contributed by atoms with Crippen LogP contribution in [-0.4, -0.2) is 24.7 Å². The molecular formula is C17H26IN3O. The van der Waals surface area contributed by atoms with Gasteiger partial charge in [0.25, 0.3) is 0 Å². The highest BCUT2D eigenvalue weighted by atomic mass is 127. The van der Waals surface area contributed by atoms with Gasteiger partial charge in [0.1, 0.15) is 0 Å². The summed E-state index contributed by atoms with van der Waals surface area (Å²) >= 11 is 0. The van der Waals surface area contributed by atoms with Crippen LogP contribution in [-0.2, 0) is 4.74 Å². The van der Waals surface area contributed by atoms with Gasteiger partial charge >= 0.3 is 0 Å². The summed E-state index contributed by atoms with van der Waals surface area (Å²) in [5.74, 6) is 1.03. The average molecular weight is 415 g/mol. The zero-order chi connectivity index (χ0) is 15.2. The van der Waals surface area contributed by atoms with Crippen molar-refractivity contribution in [1.29, 1.82) is 0 Å². The molecule has 122 valence electrons. The van der Waals surface area contributed by atoms with Gasteiger partial charge in [0.2, 0.25) is 0 Å². The van der Waals surface area contributed by atoms with Gasteiger partial charge in [-0.15, -0.1) is 24.0 Å². The first-order chi connectivity index (χ1) is 9.89. The van der Waals surface area contributed by atoms with Crippen molar-refractivity contribution >= 4 is 35.6 Å². The number of anilines is 1. The van der Waals surface area contributed by atoms with Crippen LogP contribution >= 0.6 is 24.0 Å². The predicted molar refractivity (Wildman–Crippen MR) is 102 cm³/mol. The summed E-state index contributed by atoms with van der Waals surface area (Å²) in [7, 11) is 0. The molecule has 0 radical (unpaired) electrons. The van der Waals surface area contributed by atoms with Gasteiger partial charge in [-0.25, -0.2) is 4.99 Å². The van der Waals surface area contributed by atoms with E-state index < -0.39 is 0 Å². The molecule has 1 aliphatic carbocycles. The van der Waals surface area contributed by atoms with E-state index in [1.165, 1.54) is 11.1 Å². The third kappa shape index (κ3) is 2.97. The van der Waals surface area contributed by atoms with Gasteiger partial charge in [0.05, 0.1) is 12.1 Å². The highest BCUT2D eigenvalue weighted by molar-refractivity contribution is 14.0. The molecule has 1 aromatic carbocycles. The number of guanidine groups is 1. The van der Waals surface area contributed by atoms with Gasteiger partial charge in [-0.05, 0) is 43.5 Å². The van der Waals surface area contributed by atoms with E-state index in [9.17, 15) is 0 Å². The highest BCUT2D eigenvalue weighted by Gasteiger charge is 2.59. The molecule has 3 unspecified atom stereocenters. The van der Waals surface area contributed by atoms with Crippen molar-refractivity contribution in [2.45, 2.75) is 46.3 Å². The zero-order valence-electron chi connectivity index (χ0n) is 13.7. The molecular weight excluding hydrogens is 389 g/mol. The number of hydrogen-bond donors (Lipinski definition) is 2. The minimum atomic E-state index is 0. The summed E-state index contributed by atoms with van der Waals surface area (Å²) in [6, 6.07) is 6.49. The van der Waals surface area contributed by atoms with Crippen molar-refractivity contribution < 1.29 is 4.74 Å². The van der Waals surface area contributed by atoms with E-state index in [0.29, 0.717) is 18.0 Å². The highest BCUT2D eigenvalue weighted by Crippen LogP contribution is 2.53. The van der Waals surface area contributed by atoms with Crippen LogP contribution in [0.15, 0.2) is 23.2 Å². The Labute approximate surface area is 149 Å². The van der Waals surface area contributed by atoms with Crippen molar-refractivity contribution in [1.82, 2.24) is 0 Å². The predicted octanol–water partition coefficient (Wildman–Crippen LogP) is 3.46. The van der Waals surface area contributed by atoms with E-state index in [1.54, 1.807) is 0 Å². The van der Waals surface area contributed by atoms with Gasteiger partial charge in [0.15, 0.2) is 5.96 Å². The second-order valence-electron chi connectivity index (χ2n) is 6.95. The number of nitrogens with one attached hydrogen (secondary N) is 1. The van der Waals surface area contributed by atoms with Crippen LogP contribution in [0.1, 0.15) is 31.4 Å². The quantitative estimate of drug-likeness (QED) is 0.442. The molecule has 1 saturated carbocycles. The molecule has 0 aromatic heterocycles. The van der Waals surface area contributed by atoms with E-state index in [2.05, 4.69) is 45.1 Å². The Hall–Kier alpha value is -0.820. The van der Waals surface area contributed by atoms with Gasteiger partial charge in [-0.2, -0.15) is 0 Å². The van der Waals surface area contributed by atoms with Crippen LogP contribution in [0.2, 0.25) is 0 Å². The second kappa shape index (κ2) is 6.35. The van der Waals surface area contributed by atoms with Gasteiger partial charge in [-0.3, -0.25) is 0 Å². The molecule has 1 saturated heterocycles. The number of benzene rings is 1. The Bertz CT molecular complexity index is 585. The first-order valence-corrected chi connectivity index (χ1v) is 7.69. The van der Waals surface area contributed by atoms with Crippen LogP contribution in [0.4, 0.5) is 5.69 Å². The Morgan fingerprint density at radius 3 is 2.73 bits per heavy atom. The van der Waals surface area contributed by atoms with Crippen molar-refractivity contribution in [3.8, 4) is 0 Å². The van der Waals surface area contributed by atoms with Crippen molar-refractivity contribution in [2.75, 3.05) is 11.9 Å². The Balaban J connectivity index is 0.00000176. The molecule has 0 amide bonds. The summed E-state index contributed by atoms with van der Waals surface area (Å²) in [6.45, 7) is 9.50. The lowest BCUT2D eigenvalue weighted by Crippen LogP contribution is -2.59. The minimum absolute atomic E-state index is 0. The lowest BCUT2D eigenvalue weighted by Gasteiger charge is -2.52. The summed E-state index contributed by atoms with van der Waals surface area (Å²) in [6.07, 6.45) is 1.44. The molecule has 0 bridgehead atoms. The van der Waals surface area contributed by atoms with Crippen molar-refractivity contribution in [3.05, 3.63) is 29.3 Å². The fourth-order valence-electron chi connectivity index (χ4n) is 3.71. The first kappa shape index (κ1) is 17.5. The number of ether oxygens (including phenoxy) is 1. The van der Waals surface area contributed by atoms with E-state index in [0.717, 1.165) is 18.7 Å². The van der Waals surface area contributed by atoms with Crippen LogP contribution < -0.4 is 11.1 Å². The van der Waals surface area contributed by atoms with Gasteiger partial charge < -0.3 is 15.8 Å². The molecule has 1 aromatic rings. The standard InChI is InChI=1S/C17H25N3O.HI/c1-10-5-6-12(9-11(10)2)19-16(18)20-14-13-7-8-21-15(13)17(14,3)4;/h5-6,9,13-15H,7-8H2,1-4H3,(H3,18,19,20);1H. The van der Waals surface area contributed by atoms with Crippen molar-refractivity contribution in [3.63, 3.8) is 0 Å². The average Bonchev–Trinajstić information content (AvgIpc) is 2.87. The summed E-state index contributed by atoms with van der Waals surface area (Å²) in [5.41, 5.74) is 9.71. The minimum Gasteiger partial charge on any atom is -0.377 e. The maximum Gasteiger partial charge on any atom is 0.193 e. The maximum absolute atomic E-state index is 6.11. The first-order valence-electron chi connectivity index (χ1n) is 7.69. The van der Waals surface area contributed by atoms with Crippen LogP contribution in [0, 0.1) is 25.2 Å². The summed E-state index contributed by atoms with van der Waals surface area (Å²) < 4.78 is 5.80. The maximum atomic E-state index is 6.11. The van der Waals surface area contributed by atoms with Crippen LogP contribution in [0.5, 0.6) is 0 Å². The number of aliphatic imine (C=N–C) groups is 1. The van der Waals surface area contributed by atoms with Crippen LogP contribution in [0.3, 0.4) is 0 Å². The number of rotatable bonds is 2. The summed E-state index contributed by atoms with van der Waals surface area (Å²) in [4.78, 5) is 4.73. The molecule has 2 aliphatic rings. The fourth-order valence-corrected chi connectivity index (χ4v) is 3.71. The lowest BCUT2D eigenvalue weighted by atomic mass is 9.57. The fraction of sp³-hybridized carbons (Fsp3) is 0.588. The molecule has 3 N–H and O–H groups in total. The monoisotopic (exact) mass is 415 g/mol. The number of nitrogens with zero attached hydrogens (tertiary/aromatic N) is 1. The van der Waals surface area contributed by atoms with E-state index in [4.69, 9.17) is 15.5 Å². The molecule has 1 aliphatic heterocycles. The van der Waals surface area contributed by atoms with Gasteiger partial charge in [-0.1, -0.05) is 19.9 Å². The topological polar surface area (TPSA) is 59.6 Å². The largest absolute Gasteiger partial charge is 0.377 e. The third-order valence-electron chi connectivity index (χ3n) is 5.10. The number of nitrogens with two attached hydrogens (primary N) is 1. The number of halogens is 1. The molecule has 2 fully saturated rings. The Morgan fingerprint density at radius 2 is 2.05 bits per heavy atom. The third-order valence-corrected chi connectivity index (χ3v) is 5.10. The number of hydrogen-bond acceptors (Lipinski definition) is 2. The number of fused-ring (bicyclic) bond motifs is 1. The lowest BCUT2D eigenvalue weighted by molar-refractivity contribution is -0.0985.